The normalized spacial score (nSPS) is 18.5. The van der Waals surface area contributed by atoms with Crippen molar-refractivity contribution >= 4 is 5.97 Å². The van der Waals surface area contributed by atoms with E-state index in [9.17, 15) is 4.79 Å². The number of hydrogen-bond acceptors (Lipinski definition) is 5. The lowest BCUT2D eigenvalue weighted by Gasteiger charge is -2.26. The summed E-state index contributed by atoms with van der Waals surface area (Å²) in [4.78, 5) is 12.4. The smallest absolute Gasteiger partial charge is 0.334 e. The molecule has 1 aliphatic carbocycles. The maximum Gasteiger partial charge on any atom is 0.334 e. The highest BCUT2D eigenvalue weighted by molar-refractivity contribution is 5.92. The van der Waals surface area contributed by atoms with Crippen LogP contribution in [0.2, 0.25) is 0 Å². The van der Waals surface area contributed by atoms with Gasteiger partial charge in [-0.25, -0.2) is 4.79 Å². The minimum Gasteiger partial charge on any atom is -0.493 e. The summed E-state index contributed by atoms with van der Waals surface area (Å²) in [6.07, 6.45) is 2.32. The minimum absolute atomic E-state index is 0.0399. The van der Waals surface area contributed by atoms with E-state index in [1.807, 2.05) is 18.2 Å². The highest BCUT2D eigenvalue weighted by atomic mass is 16.5. The quantitative estimate of drug-likeness (QED) is 0.750. The Morgan fingerprint density at radius 1 is 0.893 bits per heavy atom. The van der Waals surface area contributed by atoms with Crippen LogP contribution in [0.1, 0.15) is 35.4 Å². The molecule has 0 bridgehead atoms. The molecule has 28 heavy (non-hydrogen) atoms. The summed E-state index contributed by atoms with van der Waals surface area (Å²) in [5.41, 5.74) is 5.39. The first kappa shape index (κ1) is 18.4. The molecular formula is C23H24O5. The molecule has 2 aromatic carbocycles. The number of esters is 1. The van der Waals surface area contributed by atoms with E-state index in [4.69, 9.17) is 18.9 Å². The number of carbonyl (C=O) groups is 1. The van der Waals surface area contributed by atoms with E-state index in [1.54, 1.807) is 21.3 Å². The Bertz CT molecular complexity index is 944. The van der Waals surface area contributed by atoms with Gasteiger partial charge in [0.2, 0.25) is 5.75 Å². The summed E-state index contributed by atoms with van der Waals surface area (Å²) >= 11 is 0. The van der Waals surface area contributed by atoms with Crippen molar-refractivity contribution in [3.63, 3.8) is 0 Å². The van der Waals surface area contributed by atoms with Crippen molar-refractivity contribution in [3.8, 4) is 17.2 Å². The van der Waals surface area contributed by atoms with Gasteiger partial charge in [0, 0.05) is 17.1 Å². The predicted octanol–water partition coefficient (Wildman–Crippen LogP) is 4.03. The molecule has 0 fully saturated rings. The second-order valence-electron chi connectivity index (χ2n) is 7.04. The van der Waals surface area contributed by atoms with Crippen LogP contribution >= 0.6 is 0 Å². The first-order valence-corrected chi connectivity index (χ1v) is 9.42. The topological polar surface area (TPSA) is 54.0 Å². The molecule has 0 spiro atoms. The van der Waals surface area contributed by atoms with Gasteiger partial charge in [-0.1, -0.05) is 30.3 Å². The first-order valence-electron chi connectivity index (χ1n) is 9.42. The molecule has 2 aromatic rings. The number of aryl methyl sites for hydroxylation is 1. The SMILES string of the molecule is COc1ccc(C2CC3=C(CCc4ccccc42)COC3=O)c(OC)c1OC. The summed E-state index contributed by atoms with van der Waals surface area (Å²) in [5.74, 6) is 1.57. The molecule has 1 unspecified atom stereocenters. The van der Waals surface area contributed by atoms with E-state index >= 15 is 0 Å². The van der Waals surface area contributed by atoms with Crippen molar-refractivity contribution in [2.24, 2.45) is 0 Å². The molecule has 1 atom stereocenters. The van der Waals surface area contributed by atoms with Gasteiger partial charge in [0.1, 0.15) is 6.61 Å². The van der Waals surface area contributed by atoms with Gasteiger partial charge in [-0.05, 0) is 42.0 Å². The van der Waals surface area contributed by atoms with Gasteiger partial charge < -0.3 is 18.9 Å². The Balaban J connectivity index is 1.91. The van der Waals surface area contributed by atoms with Crippen molar-refractivity contribution in [2.45, 2.75) is 25.2 Å². The van der Waals surface area contributed by atoms with E-state index in [2.05, 4.69) is 18.2 Å². The number of benzene rings is 2. The standard InChI is InChI=1S/C23H24O5/c1-25-20-11-10-17(21(26-2)22(20)27-3)19-12-18-15(13-28-23(18)24)9-8-14-6-4-5-7-16(14)19/h4-7,10-11,19H,8-9,12-13H2,1-3H3. The van der Waals surface area contributed by atoms with Crippen LogP contribution in [-0.4, -0.2) is 33.9 Å². The Hall–Kier alpha value is -2.95. The third-order valence-electron chi connectivity index (χ3n) is 5.70. The van der Waals surface area contributed by atoms with Crippen LogP contribution in [0.15, 0.2) is 47.5 Å². The van der Waals surface area contributed by atoms with Crippen molar-refractivity contribution < 1.29 is 23.7 Å². The zero-order valence-corrected chi connectivity index (χ0v) is 16.4. The van der Waals surface area contributed by atoms with Crippen molar-refractivity contribution in [1.29, 1.82) is 0 Å². The van der Waals surface area contributed by atoms with E-state index in [0.717, 1.165) is 29.6 Å². The van der Waals surface area contributed by atoms with Crippen LogP contribution in [-0.2, 0) is 16.0 Å². The number of cyclic esters (lactones) is 1. The van der Waals surface area contributed by atoms with Crippen LogP contribution in [0.3, 0.4) is 0 Å². The molecule has 5 nitrogen and oxygen atoms in total. The lowest BCUT2D eigenvalue weighted by Crippen LogP contribution is -2.13. The summed E-state index contributed by atoms with van der Waals surface area (Å²) in [6.45, 7) is 0.409. The molecular weight excluding hydrogens is 356 g/mol. The second-order valence-corrected chi connectivity index (χ2v) is 7.04. The first-order chi connectivity index (χ1) is 13.7. The molecule has 146 valence electrons. The zero-order valence-electron chi connectivity index (χ0n) is 16.4. The van der Waals surface area contributed by atoms with Gasteiger partial charge in [-0.15, -0.1) is 0 Å². The van der Waals surface area contributed by atoms with Crippen molar-refractivity contribution in [2.75, 3.05) is 27.9 Å². The lowest BCUT2D eigenvalue weighted by molar-refractivity contribution is -0.136. The fourth-order valence-corrected chi connectivity index (χ4v) is 4.30. The average molecular weight is 380 g/mol. The van der Waals surface area contributed by atoms with Gasteiger partial charge in [-0.2, -0.15) is 0 Å². The maximum absolute atomic E-state index is 12.4. The zero-order chi connectivity index (χ0) is 19.7. The average Bonchev–Trinajstić information content (AvgIpc) is 3.06. The third kappa shape index (κ3) is 3.01. The molecule has 5 heteroatoms. The number of fused-ring (bicyclic) bond motifs is 1. The third-order valence-corrected chi connectivity index (χ3v) is 5.70. The van der Waals surface area contributed by atoms with Crippen LogP contribution in [0, 0.1) is 0 Å². The fraction of sp³-hybridized carbons (Fsp3) is 0.348. The lowest BCUT2D eigenvalue weighted by atomic mass is 9.79. The molecule has 0 radical (unpaired) electrons. The van der Waals surface area contributed by atoms with E-state index in [0.29, 0.717) is 30.3 Å². The number of carbonyl (C=O) groups excluding carboxylic acids is 1. The van der Waals surface area contributed by atoms with Gasteiger partial charge in [0.15, 0.2) is 11.5 Å². The number of methoxy groups -OCH3 is 3. The largest absolute Gasteiger partial charge is 0.493 e. The molecule has 0 amide bonds. The van der Waals surface area contributed by atoms with E-state index in [1.165, 1.54) is 11.1 Å². The Morgan fingerprint density at radius 3 is 2.43 bits per heavy atom. The van der Waals surface area contributed by atoms with Crippen LogP contribution in [0.25, 0.3) is 0 Å². The van der Waals surface area contributed by atoms with E-state index < -0.39 is 0 Å². The molecule has 2 aliphatic rings. The van der Waals surface area contributed by atoms with Gasteiger partial charge >= 0.3 is 5.97 Å². The van der Waals surface area contributed by atoms with Crippen molar-refractivity contribution in [1.82, 2.24) is 0 Å². The highest BCUT2D eigenvalue weighted by Crippen LogP contribution is 2.47. The molecule has 0 saturated heterocycles. The van der Waals surface area contributed by atoms with Crippen LogP contribution in [0.4, 0.5) is 0 Å². The summed E-state index contributed by atoms with van der Waals surface area (Å²) in [5, 5.41) is 0. The van der Waals surface area contributed by atoms with Crippen LogP contribution in [0.5, 0.6) is 17.2 Å². The summed E-state index contributed by atoms with van der Waals surface area (Å²) in [6, 6.07) is 12.3. The van der Waals surface area contributed by atoms with Crippen molar-refractivity contribution in [3.05, 3.63) is 64.2 Å². The van der Waals surface area contributed by atoms with E-state index in [-0.39, 0.29) is 11.9 Å². The summed E-state index contributed by atoms with van der Waals surface area (Å²) < 4.78 is 22.1. The Morgan fingerprint density at radius 2 is 1.68 bits per heavy atom. The van der Waals surface area contributed by atoms with Gasteiger partial charge in [0.05, 0.1) is 21.3 Å². The fourth-order valence-electron chi connectivity index (χ4n) is 4.30. The Kier molecular flexibility index (Phi) is 4.99. The van der Waals surface area contributed by atoms with Gasteiger partial charge in [-0.3, -0.25) is 0 Å². The predicted molar refractivity (Wildman–Crippen MR) is 105 cm³/mol. The number of ether oxygens (including phenoxy) is 4. The highest BCUT2D eigenvalue weighted by Gasteiger charge is 2.33. The summed E-state index contributed by atoms with van der Waals surface area (Å²) in [7, 11) is 4.84. The molecule has 0 aromatic heterocycles. The minimum atomic E-state index is -0.196. The molecule has 4 rings (SSSR count). The second kappa shape index (κ2) is 7.58. The number of hydrogen-bond donors (Lipinski definition) is 0. The number of rotatable bonds is 4. The Labute approximate surface area is 164 Å². The van der Waals surface area contributed by atoms with Gasteiger partial charge in [0.25, 0.3) is 0 Å². The molecule has 1 heterocycles. The molecule has 0 saturated carbocycles. The molecule has 1 aliphatic heterocycles. The van der Waals surface area contributed by atoms with Crippen LogP contribution < -0.4 is 14.2 Å². The molecule has 0 N–H and O–H groups in total. The maximum atomic E-state index is 12.4. The monoisotopic (exact) mass is 380 g/mol.